The minimum Gasteiger partial charge on any atom is -0.481 e. The van der Waals surface area contributed by atoms with Crippen LogP contribution >= 0.6 is 0 Å². The summed E-state index contributed by atoms with van der Waals surface area (Å²) in [7, 11) is 0. The van der Waals surface area contributed by atoms with Crippen molar-refractivity contribution in [1.29, 1.82) is 0 Å². The second-order valence-corrected chi connectivity index (χ2v) is 5.52. The Labute approximate surface area is 130 Å². The summed E-state index contributed by atoms with van der Waals surface area (Å²) in [5, 5.41) is 16.7. The van der Waals surface area contributed by atoms with Crippen LogP contribution in [0.3, 0.4) is 0 Å². The number of hydrogen-bond acceptors (Lipinski definition) is 4. The summed E-state index contributed by atoms with van der Waals surface area (Å²) in [6.07, 6.45) is 7.93. The van der Waals surface area contributed by atoms with Crippen molar-refractivity contribution in [1.82, 2.24) is 15.1 Å². The molecule has 0 radical (unpaired) electrons. The molecule has 0 aliphatic heterocycles. The number of benzene rings is 1. The van der Waals surface area contributed by atoms with E-state index >= 15 is 0 Å². The van der Waals surface area contributed by atoms with E-state index in [1.165, 1.54) is 19.3 Å². The van der Waals surface area contributed by atoms with Crippen molar-refractivity contribution < 1.29 is 9.90 Å². The smallest absolute Gasteiger partial charge is 0.303 e. The first kappa shape index (κ1) is 16.3. The molecule has 0 bridgehead atoms. The predicted molar refractivity (Wildman–Crippen MR) is 86.3 cm³/mol. The summed E-state index contributed by atoms with van der Waals surface area (Å²) < 4.78 is 0. The van der Waals surface area contributed by atoms with Gasteiger partial charge >= 0.3 is 5.97 Å². The van der Waals surface area contributed by atoms with Crippen LogP contribution in [-0.4, -0.2) is 32.7 Å². The van der Waals surface area contributed by atoms with Crippen molar-refractivity contribution in [3.05, 3.63) is 24.3 Å². The molecule has 0 atom stereocenters. The Morgan fingerprint density at radius 2 is 1.73 bits per heavy atom. The second-order valence-electron chi connectivity index (χ2n) is 5.52. The minimum absolute atomic E-state index is 0.301. The zero-order chi connectivity index (χ0) is 15.6. The van der Waals surface area contributed by atoms with Crippen molar-refractivity contribution in [3.63, 3.8) is 0 Å². The molecule has 2 rings (SSSR count). The maximum Gasteiger partial charge on any atom is 0.303 e. The fourth-order valence-electron chi connectivity index (χ4n) is 2.46. The summed E-state index contributed by atoms with van der Waals surface area (Å²) in [5.74, 6) is -0.688. The zero-order valence-corrected chi connectivity index (χ0v) is 12.9. The van der Waals surface area contributed by atoms with Gasteiger partial charge in [0.1, 0.15) is 11.0 Å². The van der Waals surface area contributed by atoms with E-state index in [4.69, 9.17) is 5.11 Å². The fourth-order valence-corrected chi connectivity index (χ4v) is 2.46. The number of nitrogens with one attached hydrogen (secondary N) is 1. The van der Waals surface area contributed by atoms with Crippen molar-refractivity contribution in [3.8, 4) is 0 Å². The van der Waals surface area contributed by atoms with E-state index in [-0.39, 0.29) is 0 Å². The van der Waals surface area contributed by atoms with Gasteiger partial charge in [-0.15, -0.1) is 5.10 Å². The highest BCUT2D eigenvalue weighted by molar-refractivity contribution is 5.74. The lowest BCUT2D eigenvalue weighted by Gasteiger charge is -2.06. The predicted octanol–water partition coefficient (Wildman–Crippen LogP) is 3.18. The van der Waals surface area contributed by atoms with E-state index in [9.17, 15) is 4.79 Å². The summed E-state index contributed by atoms with van der Waals surface area (Å²) in [6, 6.07) is 7.89. The van der Waals surface area contributed by atoms with Gasteiger partial charge in [-0.25, -0.2) is 0 Å². The molecule has 1 aromatic carbocycles. The molecular weight excluding hydrogens is 280 g/mol. The number of hydrogen-bond donors (Lipinski definition) is 2. The molecule has 22 heavy (non-hydrogen) atoms. The zero-order valence-electron chi connectivity index (χ0n) is 12.9. The van der Waals surface area contributed by atoms with Gasteiger partial charge in [0, 0.05) is 13.0 Å². The molecule has 2 N–H and O–H groups in total. The first-order valence-electron chi connectivity index (χ1n) is 8.03. The normalized spacial score (nSPS) is 10.9. The molecule has 0 unspecified atom stereocenters. The first-order chi connectivity index (χ1) is 10.8. The van der Waals surface area contributed by atoms with Gasteiger partial charge < -0.3 is 10.5 Å². The molecule has 0 aliphatic carbocycles. The number of aromatic nitrogens is 3. The van der Waals surface area contributed by atoms with E-state index in [1.54, 1.807) is 4.79 Å². The molecule has 1 aromatic heterocycles. The van der Waals surface area contributed by atoms with Crippen LogP contribution < -0.4 is 5.43 Å². The Morgan fingerprint density at radius 1 is 1.05 bits per heavy atom. The summed E-state index contributed by atoms with van der Waals surface area (Å²) >= 11 is 0. The molecule has 0 saturated heterocycles. The standard InChI is InChI=1S/C16H24N4O2/c21-16(22)12-6-4-2-1-3-5-9-13-17-20-15-11-8-7-10-14(15)18-19-20/h7-8,10-11,17H,1-6,9,12-13H2,(H,21,22). The molecule has 6 nitrogen and oxygen atoms in total. The van der Waals surface area contributed by atoms with Gasteiger partial charge in [0.25, 0.3) is 0 Å². The third-order valence-electron chi connectivity index (χ3n) is 3.68. The molecule has 120 valence electrons. The third kappa shape index (κ3) is 5.35. The fraction of sp³-hybridized carbons (Fsp3) is 0.562. The van der Waals surface area contributed by atoms with E-state index < -0.39 is 5.97 Å². The summed E-state index contributed by atoms with van der Waals surface area (Å²) in [6.45, 7) is 0.881. The number of nitrogens with zero attached hydrogens (tertiary/aromatic N) is 3. The summed E-state index contributed by atoms with van der Waals surface area (Å²) in [5.41, 5.74) is 5.17. The molecule has 1 heterocycles. The molecule has 0 amide bonds. The lowest BCUT2D eigenvalue weighted by molar-refractivity contribution is -0.137. The molecule has 6 heteroatoms. The SMILES string of the molecule is O=C(O)CCCCCCCCCNn1nnc2ccccc21. The Morgan fingerprint density at radius 3 is 2.50 bits per heavy atom. The average Bonchev–Trinajstić information content (AvgIpc) is 2.92. The van der Waals surface area contributed by atoms with Crippen LogP contribution in [0.5, 0.6) is 0 Å². The Hall–Kier alpha value is -2.11. The van der Waals surface area contributed by atoms with Gasteiger partial charge in [0.05, 0.1) is 0 Å². The van der Waals surface area contributed by atoms with Gasteiger partial charge in [0.2, 0.25) is 0 Å². The minimum atomic E-state index is -0.688. The maximum atomic E-state index is 10.4. The number of carboxylic acids is 1. The molecule has 0 aliphatic rings. The number of para-hydroxylation sites is 1. The largest absolute Gasteiger partial charge is 0.481 e. The number of fused-ring (bicyclic) bond motifs is 1. The lowest BCUT2D eigenvalue weighted by atomic mass is 10.1. The highest BCUT2D eigenvalue weighted by atomic mass is 16.4. The van der Waals surface area contributed by atoms with Crippen LogP contribution in [-0.2, 0) is 4.79 Å². The Balaban J connectivity index is 1.50. The highest BCUT2D eigenvalue weighted by Crippen LogP contribution is 2.10. The van der Waals surface area contributed by atoms with Gasteiger partial charge in [-0.2, -0.15) is 4.79 Å². The average molecular weight is 304 g/mol. The second kappa shape index (κ2) is 9.02. The number of aliphatic carboxylic acids is 1. The van der Waals surface area contributed by atoms with Gasteiger partial charge in [0.15, 0.2) is 0 Å². The molecule has 0 saturated carbocycles. The number of rotatable bonds is 11. The quantitative estimate of drug-likeness (QED) is 0.623. The van der Waals surface area contributed by atoms with Crippen LogP contribution in [0, 0.1) is 0 Å². The first-order valence-corrected chi connectivity index (χ1v) is 8.03. The Kier molecular flexibility index (Phi) is 6.67. The van der Waals surface area contributed by atoms with Gasteiger partial charge in [-0.05, 0) is 30.2 Å². The topological polar surface area (TPSA) is 80.0 Å². The van der Waals surface area contributed by atoms with Crippen molar-refractivity contribution in [2.45, 2.75) is 51.4 Å². The van der Waals surface area contributed by atoms with E-state index in [2.05, 4.69) is 15.7 Å². The van der Waals surface area contributed by atoms with Gasteiger partial charge in [-0.1, -0.05) is 44.2 Å². The molecule has 0 fully saturated rings. The number of carbonyl (C=O) groups is 1. The van der Waals surface area contributed by atoms with Gasteiger partial charge in [-0.3, -0.25) is 4.79 Å². The molecular formula is C16H24N4O2. The highest BCUT2D eigenvalue weighted by Gasteiger charge is 2.01. The van der Waals surface area contributed by atoms with E-state index in [0.29, 0.717) is 6.42 Å². The monoisotopic (exact) mass is 304 g/mol. The van der Waals surface area contributed by atoms with Crippen molar-refractivity contribution >= 4 is 17.0 Å². The van der Waals surface area contributed by atoms with Crippen LogP contribution in [0.2, 0.25) is 0 Å². The van der Waals surface area contributed by atoms with Crippen molar-refractivity contribution in [2.75, 3.05) is 12.0 Å². The van der Waals surface area contributed by atoms with Crippen LogP contribution in [0.4, 0.5) is 0 Å². The van der Waals surface area contributed by atoms with E-state index in [1.807, 2.05) is 24.3 Å². The molecule has 0 spiro atoms. The van der Waals surface area contributed by atoms with Crippen molar-refractivity contribution in [2.24, 2.45) is 0 Å². The third-order valence-corrected chi connectivity index (χ3v) is 3.68. The van der Waals surface area contributed by atoms with E-state index in [0.717, 1.165) is 43.3 Å². The van der Waals surface area contributed by atoms with Crippen LogP contribution in [0.15, 0.2) is 24.3 Å². The van der Waals surface area contributed by atoms with Crippen LogP contribution in [0.1, 0.15) is 51.4 Å². The molecule has 2 aromatic rings. The van der Waals surface area contributed by atoms with Crippen LogP contribution in [0.25, 0.3) is 11.0 Å². The lowest BCUT2D eigenvalue weighted by Crippen LogP contribution is -2.17. The number of carboxylic acid groups (broad SMARTS) is 1. The Bertz CT molecular complexity index is 582. The maximum absolute atomic E-state index is 10.4. The number of unbranched alkanes of at least 4 members (excludes halogenated alkanes) is 6. The summed E-state index contributed by atoms with van der Waals surface area (Å²) in [4.78, 5) is 12.1.